The third kappa shape index (κ3) is 6.46. The summed E-state index contributed by atoms with van der Waals surface area (Å²) in [5.74, 6) is 0. The lowest BCUT2D eigenvalue weighted by Gasteiger charge is -2.19. The van der Waals surface area contributed by atoms with Crippen LogP contribution in [-0.2, 0) is 27.9 Å². The van der Waals surface area contributed by atoms with E-state index < -0.39 is 6.16 Å². The van der Waals surface area contributed by atoms with E-state index in [0.29, 0.717) is 0 Å². The molecule has 3 nitrogen and oxygen atoms in total. The van der Waals surface area contributed by atoms with Crippen LogP contribution in [0, 0.1) is 0 Å². The summed E-state index contributed by atoms with van der Waals surface area (Å²) in [7, 11) is 0. The number of benzene rings is 2. The summed E-state index contributed by atoms with van der Waals surface area (Å²) in [4.78, 5) is 11.6. The minimum atomic E-state index is -0.689. The molecule has 0 unspecified atom stereocenters. The molecule has 3 heteroatoms. The van der Waals surface area contributed by atoms with Crippen LogP contribution in [0.4, 0.5) is 4.79 Å². The van der Waals surface area contributed by atoms with Gasteiger partial charge in [-0.15, -0.1) is 0 Å². The fourth-order valence-corrected chi connectivity index (χ4v) is 2.39. The summed E-state index contributed by atoms with van der Waals surface area (Å²) in [5.41, 5.74) is 4.52. The monoisotopic (exact) mass is 338 g/mol. The van der Waals surface area contributed by atoms with Crippen LogP contribution < -0.4 is 0 Å². The molecule has 0 aliphatic carbocycles. The zero-order valence-electron chi connectivity index (χ0n) is 15.4. The Hall–Kier alpha value is -2.55. The van der Waals surface area contributed by atoms with Crippen LogP contribution in [0.15, 0.2) is 66.4 Å². The Labute approximate surface area is 150 Å². The summed E-state index contributed by atoms with van der Waals surface area (Å²) in [6.45, 7) is 8.73. The third-order valence-electron chi connectivity index (χ3n) is 3.86. The first-order chi connectivity index (χ1) is 11.8. The molecule has 2 aromatic carbocycles. The van der Waals surface area contributed by atoms with Gasteiger partial charge in [-0.05, 0) is 41.0 Å². The Bertz CT molecular complexity index is 707. The van der Waals surface area contributed by atoms with Crippen molar-refractivity contribution in [2.45, 2.75) is 46.1 Å². The van der Waals surface area contributed by atoms with Crippen LogP contribution in [0.1, 0.15) is 44.4 Å². The standard InChI is InChI=1S/C22H26O3/c1-17(14-18-10-12-20(13-11-18)22(2,3)4)15-24-21(23)25-16-19-8-6-5-7-9-19/h5-13,15H,14,16H2,1-4H3. The molecular weight excluding hydrogens is 312 g/mol. The van der Waals surface area contributed by atoms with E-state index in [9.17, 15) is 4.79 Å². The van der Waals surface area contributed by atoms with Crippen LogP contribution in [-0.4, -0.2) is 6.16 Å². The molecule has 2 aromatic rings. The van der Waals surface area contributed by atoms with E-state index in [-0.39, 0.29) is 12.0 Å². The quantitative estimate of drug-likeness (QED) is 0.512. The fraction of sp³-hybridized carbons (Fsp3) is 0.318. The molecule has 0 aliphatic rings. The van der Waals surface area contributed by atoms with Gasteiger partial charge in [0.25, 0.3) is 0 Å². The first-order valence-electron chi connectivity index (χ1n) is 8.47. The van der Waals surface area contributed by atoms with Gasteiger partial charge >= 0.3 is 6.16 Å². The zero-order valence-corrected chi connectivity index (χ0v) is 15.4. The first-order valence-corrected chi connectivity index (χ1v) is 8.47. The van der Waals surface area contributed by atoms with Crippen molar-refractivity contribution in [3.8, 4) is 0 Å². The SMILES string of the molecule is CC(=COC(=O)OCc1ccccc1)Cc1ccc(C(C)(C)C)cc1. The van der Waals surface area contributed by atoms with Gasteiger partial charge in [-0.1, -0.05) is 75.4 Å². The minimum Gasteiger partial charge on any atom is -0.429 e. The number of carbonyl (C=O) groups excluding carboxylic acids is 1. The predicted octanol–water partition coefficient (Wildman–Crippen LogP) is 5.78. The molecule has 0 atom stereocenters. The number of carbonyl (C=O) groups is 1. The maximum absolute atomic E-state index is 11.6. The molecule has 0 fully saturated rings. The van der Waals surface area contributed by atoms with Crippen molar-refractivity contribution in [3.05, 3.63) is 83.1 Å². The average molecular weight is 338 g/mol. The van der Waals surface area contributed by atoms with Gasteiger partial charge < -0.3 is 9.47 Å². The zero-order chi connectivity index (χ0) is 18.3. The Morgan fingerprint density at radius 1 is 0.960 bits per heavy atom. The summed E-state index contributed by atoms with van der Waals surface area (Å²) in [6, 6.07) is 18.1. The van der Waals surface area contributed by atoms with E-state index in [1.54, 1.807) is 0 Å². The van der Waals surface area contributed by atoms with E-state index in [0.717, 1.165) is 17.6 Å². The molecule has 0 saturated heterocycles. The fourth-order valence-electron chi connectivity index (χ4n) is 2.39. The van der Waals surface area contributed by atoms with E-state index in [1.807, 2.05) is 37.3 Å². The lowest BCUT2D eigenvalue weighted by molar-refractivity contribution is 0.0781. The summed E-state index contributed by atoms with van der Waals surface area (Å²) < 4.78 is 10.1. The molecule has 0 aliphatic heterocycles. The molecule has 0 N–H and O–H groups in total. The van der Waals surface area contributed by atoms with Gasteiger partial charge in [0, 0.05) is 0 Å². The van der Waals surface area contributed by atoms with Gasteiger partial charge in [0.1, 0.15) is 6.61 Å². The number of rotatable bonds is 5. The largest absolute Gasteiger partial charge is 0.513 e. The second-order valence-electron chi connectivity index (χ2n) is 7.23. The van der Waals surface area contributed by atoms with Crippen molar-refractivity contribution in [1.82, 2.24) is 0 Å². The van der Waals surface area contributed by atoms with E-state index in [1.165, 1.54) is 17.4 Å². The van der Waals surface area contributed by atoms with Crippen molar-refractivity contribution in [2.75, 3.05) is 0 Å². The maximum atomic E-state index is 11.6. The van der Waals surface area contributed by atoms with Gasteiger partial charge in [0.05, 0.1) is 6.26 Å². The van der Waals surface area contributed by atoms with E-state index in [4.69, 9.17) is 9.47 Å². The molecule has 0 saturated carbocycles. The number of allylic oxidation sites excluding steroid dienone is 1. The molecule has 0 amide bonds. The van der Waals surface area contributed by atoms with Crippen LogP contribution in [0.2, 0.25) is 0 Å². The molecule has 132 valence electrons. The molecule has 25 heavy (non-hydrogen) atoms. The van der Waals surface area contributed by atoms with Crippen LogP contribution >= 0.6 is 0 Å². The van der Waals surface area contributed by atoms with Crippen LogP contribution in [0.25, 0.3) is 0 Å². The van der Waals surface area contributed by atoms with Crippen molar-refractivity contribution in [2.24, 2.45) is 0 Å². The molecule has 0 bridgehead atoms. The highest BCUT2D eigenvalue weighted by Crippen LogP contribution is 2.22. The number of ether oxygens (including phenoxy) is 2. The number of hydrogen-bond acceptors (Lipinski definition) is 3. The summed E-state index contributed by atoms with van der Waals surface area (Å²) in [5, 5.41) is 0. The molecular formula is C22H26O3. The molecule has 0 radical (unpaired) electrons. The third-order valence-corrected chi connectivity index (χ3v) is 3.86. The Balaban J connectivity index is 1.81. The topological polar surface area (TPSA) is 35.5 Å². The van der Waals surface area contributed by atoms with Gasteiger partial charge in [0.15, 0.2) is 0 Å². The van der Waals surface area contributed by atoms with Crippen molar-refractivity contribution in [3.63, 3.8) is 0 Å². The van der Waals surface area contributed by atoms with Gasteiger partial charge in [-0.3, -0.25) is 0 Å². The van der Waals surface area contributed by atoms with Crippen LogP contribution in [0.3, 0.4) is 0 Å². The molecule has 0 spiro atoms. The van der Waals surface area contributed by atoms with E-state index in [2.05, 4.69) is 45.0 Å². The van der Waals surface area contributed by atoms with Gasteiger partial charge in [-0.2, -0.15) is 0 Å². The first kappa shape index (κ1) is 18.8. The highest BCUT2D eigenvalue weighted by molar-refractivity contribution is 5.60. The van der Waals surface area contributed by atoms with Crippen molar-refractivity contribution in [1.29, 1.82) is 0 Å². The second-order valence-corrected chi connectivity index (χ2v) is 7.23. The van der Waals surface area contributed by atoms with Gasteiger partial charge in [0.2, 0.25) is 0 Å². The second kappa shape index (κ2) is 8.52. The highest BCUT2D eigenvalue weighted by atomic mass is 16.7. The normalized spacial score (nSPS) is 11.9. The highest BCUT2D eigenvalue weighted by Gasteiger charge is 2.12. The molecule has 0 heterocycles. The summed E-state index contributed by atoms with van der Waals surface area (Å²) >= 11 is 0. The summed E-state index contributed by atoms with van der Waals surface area (Å²) in [6.07, 6.45) is 1.51. The number of hydrogen-bond donors (Lipinski definition) is 0. The van der Waals surface area contributed by atoms with E-state index >= 15 is 0 Å². The maximum Gasteiger partial charge on any atom is 0.513 e. The molecule has 0 aromatic heterocycles. The Morgan fingerprint density at radius 2 is 1.60 bits per heavy atom. The Morgan fingerprint density at radius 3 is 2.20 bits per heavy atom. The van der Waals surface area contributed by atoms with Gasteiger partial charge in [-0.25, -0.2) is 4.79 Å². The lowest BCUT2D eigenvalue weighted by Crippen LogP contribution is -2.10. The smallest absolute Gasteiger partial charge is 0.429 e. The van der Waals surface area contributed by atoms with Crippen LogP contribution in [0.5, 0.6) is 0 Å². The lowest BCUT2D eigenvalue weighted by atomic mass is 9.86. The minimum absolute atomic E-state index is 0.148. The Kier molecular flexibility index (Phi) is 6.40. The predicted molar refractivity (Wildman–Crippen MR) is 100 cm³/mol. The van der Waals surface area contributed by atoms with Crippen molar-refractivity contribution >= 4 is 6.16 Å². The van der Waals surface area contributed by atoms with Crippen molar-refractivity contribution < 1.29 is 14.3 Å². The average Bonchev–Trinajstić information content (AvgIpc) is 2.59. The molecule has 2 rings (SSSR count).